The van der Waals surface area contributed by atoms with Gasteiger partial charge in [0.1, 0.15) is 0 Å². The van der Waals surface area contributed by atoms with Gasteiger partial charge < -0.3 is 9.47 Å². The topological polar surface area (TPSA) is 43.1 Å². The summed E-state index contributed by atoms with van der Waals surface area (Å²) in [5.41, 5.74) is 4.37. The van der Waals surface area contributed by atoms with Crippen LogP contribution in [-0.4, -0.2) is 27.4 Å². The SMILES string of the molecule is CC(c1ccccc1)n1cc(-c2cn(C)c(=O)cc2N2CCC2)cn1. The molecule has 3 heterocycles. The van der Waals surface area contributed by atoms with Gasteiger partial charge in [0.05, 0.1) is 17.9 Å². The molecule has 3 aromatic rings. The summed E-state index contributed by atoms with van der Waals surface area (Å²) in [5.74, 6) is 0. The lowest BCUT2D eigenvalue weighted by Gasteiger charge is -2.34. The lowest BCUT2D eigenvalue weighted by Crippen LogP contribution is -2.38. The van der Waals surface area contributed by atoms with Gasteiger partial charge in [0.2, 0.25) is 0 Å². The second kappa shape index (κ2) is 6.24. The molecule has 0 aliphatic carbocycles. The third kappa shape index (κ3) is 2.86. The molecule has 1 fully saturated rings. The highest BCUT2D eigenvalue weighted by atomic mass is 16.1. The molecule has 1 atom stereocenters. The average molecular weight is 334 g/mol. The van der Waals surface area contributed by atoms with Gasteiger partial charge in [-0.05, 0) is 18.9 Å². The normalized spacial score (nSPS) is 15.0. The minimum absolute atomic E-state index is 0.0238. The van der Waals surface area contributed by atoms with Crippen molar-refractivity contribution in [2.45, 2.75) is 19.4 Å². The largest absolute Gasteiger partial charge is 0.371 e. The van der Waals surface area contributed by atoms with Crippen LogP contribution >= 0.6 is 0 Å². The first-order chi connectivity index (χ1) is 12.1. The van der Waals surface area contributed by atoms with E-state index in [2.05, 4.69) is 35.3 Å². The van der Waals surface area contributed by atoms with Crippen molar-refractivity contribution in [1.29, 1.82) is 0 Å². The molecule has 2 aromatic heterocycles. The van der Waals surface area contributed by atoms with E-state index >= 15 is 0 Å². The molecule has 0 bridgehead atoms. The van der Waals surface area contributed by atoms with Crippen LogP contribution < -0.4 is 10.5 Å². The number of hydrogen-bond acceptors (Lipinski definition) is 3. The van der Waals surface area contributed by atoms with Crippen molar-refractivity contribution in [1.82, 2.24) is 14.3 Å². The van der Waals surface area contributed by atoms with Crippen LogP contribution in [0.15, 0.2) is 59.8 Å². The lowest BCUT2D eigenvalue weighted by atomic mass is 10.1. The van der Waals surface area contributed by atoms with Crippen LogP contribution in [0.1, 0.15) is 24.9 Å². The number of rotatable bonds is 4. The highest BCUT2D eigenvalue weighted by molar-refractivity contribution is 5.77. The van der Waals surface area contributed by atoms with E-state index in [1.165, 1.54) is 12.0 Å². The molecule has 1 unspecified atom stereocenters. The van der Waals surface area contributed by atoms with E-state index in [9.17, 15) is 4.79 Å². The summed E-state index contributed by atoms with van der Waals surface area (Å²) in [4.78, 5) is 14.3. The Balaban J connectivity index is 1.73. The zero-order valence-corrected chi connectivity index (χ0v) is 14.6. The molecule has 5 nitrogen and oxygen atoms in total. The van der Waals surface area contributed by atoms with Crippen molar-refractivity contribution >= 4 is 5.69 Å². The number of hydrogen-bond donors (Lipinski definition) is 0. The van der Waals surface area contributed by atoms with Gasteiger partial charge in [-0.2, -0.15) is 5.10 Å². The maximum Gasteiger partial charge on any atom is 0.252 e. The maximum absolute atomic E-state index is 12.1. The number of aromatic nitrogens is 3. The van der Waals surface area contributed by atoms with Gasteiger partial charge >= 0.3 is 0 Å². The summed E-state index contributed by atoms with van der Waals surface area (Å²) in [7, 11) is 1.79. The van der Waals surface area contributed by atoms with E-state index in [1.807, 2.05) is 35.3 Å². The van der Waals surface area contributed by atoms with Gasteiger partial charge in [-0.15, -0.1) is 0 Å². The van der Waals surface area contributed by atoms with Crippen molar-refractivity contribution in [3.63, 3.8) is 0 Å². The fourth-order valence-electron chi connectivity index (χ4n) is 3.23. The monoisotopic (exact) mass is 334 g/mol. The Bertz CT molecular complexity index is 938. The molecule has 0 N–H and O–H groups in total. The fraction of sp³-hybridized carbons (Fsp3) is 0.300. The fourth-order valence-corrected chi connectivity index (χ4v) is 3.23. The Morgan fingerprint density at radius 2 is 1.88 bits per heavy atom. The number of aryl methyl sites for hydroxylation is 1. The second-order valence-corrected chi connectivity index (χ2v) is 6.66. The third-order valence-corrected chi connectivity index (χ3v) is 4.99. The molecular weight excluding hydrogens is 312 g/mol. The molecule has 0 amide bonds. The standard InChI is InChI=1S/C20H22N4O/c1-15(16-7-4-3-5-8-16)24-13-17(12-21-24)18-14-22(2)20(25)11-19(18)23-9-6-10-23/h3-5,7-8,11-15H,6,9-10H2,1-2H3. The molecular formula is C20H22N4O. The van der Waals surface area contributed by atoms with E-state index in [1.54, 1.807) is 17.7 Å². The molecule has 1 aromatic carbocycles. The Hall–Kier alpha value is -2.82. The van der Waals surface area contributed by atoms with Crippen molar-refractivity contribution < 1.29 is 0 Å². The predicted molar refractivity (Wildman–Crippen MR) is 100.0 cm³/mol. The zero-order valence-electron chi connectivity index (χ0n) is 14.6. The summed E-state index contributed by atoms with van der Waals surface area (Å²) in [6.07, 6.45) is 7.06. The zero-order chi connectivity index (χ0) is 17.4. The molecule has 0 radical (unpaired) electrons. The molecule has 4 rings (SSSR count). The smallest absolute Gasteiger partial charge is 0.252 e. The Morgan fingerprint density at radius 1 is 1.12 bits per heavy atom. The van der Waals surface area contributed by atoms with Crippen LogP contribution in [0.4, 0.5) is 5.69 Å². The minimum atomic E-state index is 0.0238. The van der Waals surface area contributed by atoms with Crippen LogP contribution in [-0.2, 0) is 7.05 Å². The summed E-state index contributed by atoms with van der Waals surface area (Å²) >= 11 is 0. The van der Waals surface area contributed by atoms with Crippen LogP contribution in [0.5, 0.6) is 0 Å². The number of nitrogens with zero attached hydrogens (tertiary/aromatic N) is 4. The van der Waals surface area contributed by atoms with Crippen LogP contribution in [0.3, 0.4) is 0 Å². The highest BCUT2D eigenvalue weighted by Gasteiger charge is 2.21. The summed E-state index contributed by atoms with van der Waals surface area (Å²) in [6, 6.07) is 12.3. The second-order valence-electron chi connectivity index (χ2n) is 6.66. The van der Waals surface area contributed by atoms with Crippen molar-refractivity contribution in [2.24, 2.45) is 7.05 Å². The van der Waals surface area contributed by atoms with Crippen LogP contribution in [0.2, 0.25) is 0 Å². The average Bonchev–Trinajstić information content (AvgIpc) is 3.06. The molecule has 1 aliphatic heterocycles. The summed E-state index contributed by atoms with van der Waals surface area (Å²) in [6.45, 7) is 4.16. The van der Waals surface area contributed by atoms with E-state index in [4.69, 9.17) is 0 Å². The van der Waals surface area contributed by atoms with Gasteiger partial charge in [-0.3, -0.25) is 9.48 Å². The van der Waals surface area contributed by atoms with Crippen LogP contribution in [0.25, 0.3) is 11.1 Å². The number of benzene rings is 1. The predicted octanol–water partition coefficient (Wildman–Crippen LogP) is 3.07. The molecule has 0 saturated carbocycles. The molecule has 25 heavy (non-hydrogen) atoms. The van der Waals surface area contributed by atoms with Gasteiger partial charge in [-0.1, -0.05) is 30.3 Å². The first-order valence-corrected chi connectivity index (χ1v) is 8.68. The number of anilines is 1. The van der Waals surface area contributed by atoms with Gasteiger partial charge in [-0.25, -0.2) is 0 Å². The summed E-state index contributed by atoms with van der Waals surface area (Å²) in [5, 5.41) is 4.58. The third-order valence-electron chi connectivity index (χ3n) is 4.99. The Labute approximate surface area is 147 Å². The Kier molecular flexibility index (Phi) is 3.92. The van der Waals surface area contributed by atoms with Gasteiger partial charge in [0.25, 0.3) is 5.56 Å². The number of pyridine rings is 1. The Morgan fingerprint density at radius 3 is 2.56 bits per heavy atom. The molecule has 128 valence electrons. The van der Waals surface area contributed by atoms with Gasteiger partial charge in [0, 0.05) is 49.7 Å². The van der Waals surface area contributed by atoms with Crippen molar-refractivity contribution in [3.8, 4) is 11.1 Å². The van der Waals surface area contributed by atoms with E-state index in [0.29, 0.717) is 0 Å². The van der Waals surface area contributed by atoms with Crippen molar-refractivity contribution in [2.75, 3.05) is 18.0 Å². The van der Waals surface area contributed by atoms with E-state index in [-0.39, 0.29) is 11.6 Å². The molecule has 1 saturated heterocycles. The molecule has 0 spiro atoms. The molecule has 1 aliphatic rings. The van der Waals surface area contributed by atoms with Crippen LogP contribution in [0, 0.1) is 0 Å². The van der Waals surface area contributed by atoms with Crippen molar-refractivity contribution in [3.05, 3.63) is 70.9 Å². The maximum atomic E-state index is 12.1. The lowest BCUT2D eigenvalue weighted by molar-refractivity contribution is 0.564. The van der Waals surface area contributed by atoms with E-state index < -0.39 is 0 Å². The molecule has 5 heteroatoms. The highest BCUT2D eigenvalue weighted by Crippen LogP contribution is 2.32. The first-order valence-electron chi connectivity index (χ1n) is 8.68. The quantitative estimate of drug-likeness (QED) is 0.736. The van der Waals surface area contributed by atoms with E-state index in [0.717, 1.165) is 29.9 Å². The minimum Gasteiger partial charge on any atom is -0.371 e. The first kappa shape index (κ1) is 15.7. The van der Waals surface area contributed by atoms with Gasteiger partial charge in [0.15, 0.2) is 0 Å². The summed E-state index contributed by atoms with van der Waals surface area (Å²) < 4.78 is 3.62.